The molecule has 1 aromatic carbocycles. The van der Waals surface area contributed by atoms with Crippen molar-refractivity contribution in [2.24, 2.45) is 0 Å². The van der Waals surface area contributed by atoms with Gasteiger partial charge in [-0.3, -0.25) is 0 Å². The minimum atomic E-state index is 0.163. The molecule has 112 valence electrons. The Kier molecular flexibility index (Phi) is 4.16. The van der Waals surface area contributed by atoms with E-state index in [1.54, 1.807) is 22.7 Å². The van der Waals surface area contributed by atoms with Crippen LogP contribution in [0.25, 0.3) is 31.1 Å². The topological polar surface area (TPSA) is 27.8 Å². The molecule has 3 aromatic rings. The summed E-state index contributed by atoms with van der Waals surface area (Å²) >= 11 is 3.46. The fraction of sp³-hybridized carbons (Fsp3) is 0.235. The molecular formula is C17H16N2OS2. The van der Waals surface area contributed by atoms with Gasteiger partial charge in [0.1, 0.15) is 0 Å². The van der Waals surface area contributed by atoms with Crippen LogP contribution in [-0.2, 0) is 0 Å². The van der Waals surface area contributed by atoms with E-state index < -0.39 is 0 Å². The number of hydrogen-bond acceptors (Lipinski definition) is 4. The van der Waals surface area contributed by atoms with Crippen molar-refractivity contribution in [1.82, 2.24) is 0 Å². The van der Waals surface area contributed by atoms with Crippen molar-refractivity contribution < 1.29 is 5.11 Å². The van der Waals surface area contributed by atoms with E-state index in [1.165, 1.54) is 25.2 Å². The van der Waals surface area contributed by atoms with Gasteiger partial charge in [-0.05, 0) is 48.0 Å². The van der Waals surface area contributed by atoms with Crippen LogP contribution in [0.15, 0.2) is 30.0 Å². The maximum absolute atomic E-state index is 9.06. The van der Waals surface area contributed by atoms with E-state index in [0.717, 1.165) is 4.88 Å². The minimum absolute atomic E-state index is 0.163. The molecule has 3 nitrogen and oxygen atoms in total. The summed E-state index contributed by atoms with van der Waals surface area (Å²) in [5, 5.41) is 12.7. The molecule has 22 heavy (non-hydrogen) atoms. The van der Waals surface area contributed by atoms with E-state index in [4.69, 9.17) is 11.7 Å². The molecule has 0 bridgehead atoms. The maximum Gasteiger partial charge on any atom is 0.163 e. The van der Waals surface area contributed by atoms with E-state index in [-0.39, 0.29) is 6.61 Å². The molecule has 0 spiro atoms. The highest BCUT2D eigenvalue weighted by Gasteiger charge is 2.09. The lowest BCUT2D eigenvalue weighted by Gasteiger charge is -2.14. The zero-order chi connectivity index (χ0) is 15.7. The Balaban J connectivity index is 2.04. The Morgan fingerprint density at radius 1 is 1.23 bits per heavy atom. The molecule has 0 amide bonds. The zero-order valence-electron chi connectivity index (χ0n) is 12.5. The molecule has 3 rings (SSSR count). The van der Waals surface area contributed by atoms with Crippen molar-refractivity contribution in [2.45, 2.75) is 6.92 Å². The average Bonchev–Trinajstić information content (AvgIpc) is 3.06. The van der Waals surface area contributed by atoms with Gasteiger partial charge in [0.25, 0.3) is 0 Å². The summed E-state index contributed by atoms with van der Waals surface area (Å²) in [5.41, 5.74) is 0.710. The average molecular weight is 328 g/mol. The maximum atomic E-state index is 9.06. The van der Waals surface area contributed by atoms with E-state index in [1.807, 2.05) is 20.0 Å². The van der Waals surface area contributed by atoms with Crippen molar-refractivity contribution in [2.75, 3.05) is 25.1 Å². The Morgan fingerprint density at radius 2 is 1.95 bits per heavy atom. The zero-order valence-corrected chi connectivity index (χ0v) is 14.1. The standard InChI is InChI=1S/C17H16N2OS2/c1-11(18-2)6-14-8-12-7-13-9-17(19(3)4-5-20)22-16(13)10-15(12)21-14/h6-10,20H,4-5H2,1,3H3/b11-6-. The second kappa shape index (κ2) is 6.09. The van der Waals surface area contributed by atoms with Gasteiger partial charge in [0, 0.05) is 27.9 Å². The third-order valence-corrected chi connectivity index (χ3v) is 5.76. The van der Waals surface area contributed by atoms with E-state index >= 15 is 0 Å². The van der Waals surface area contributed by atoms with Crippen LogP contribution in [0, 0.1) is 6.57 Å². The number of aliphatic hydroxyl groups is 1. The number of allylic oxidation sites excluding steroid dienone is 1. The summed E-state index contributed by atoms with van der Waals surface area (Å²) in [6.07, 6.45) is 1.94. The van der Waals surface area contributed by atoms with Gasteiger partial charge in [-0.2, -0.15) is 0 Å². The summed E-state index contributed by atoms with van der Waals surface area (Å²) in [6, 6.07) is 8.74. The van der Waals surface area contributed by atoms with Crippen molar-refractivity contribution in [3.05, 3.63) is 46.3 Å². The van der Waals surface area contributed by atoms with Gasteiger partial charge in [-0.15, -0.1) is 22.7 Å². The van der Waals surface area contributed by atoms with Crippen LogP contribution in [0.4, 0.5) is 5.00 Å². The quantitative estimate of drug-likeness (QED) is 0.695. The SMILES string of the molecule is [C-]#[N+]/C(C)=C\c1cc2cc3cc(N(C)CCO)sc3cc2s1. The number of benzene rings is 1. The highest BCUT2D eigenvalue weighted by molar-refractivity contribution is 7.24. The minimum Gasteiger partial charge on any atom is -0.395 e. The molecule has 0 atom stereocenters. The van der Waals surface area contributed by atoms with Gasteiger partial charge in [0.15, 0.2) is 5.70 Å². The molecule has 0 aliphatic heterocycles. The van der Waals surface area contributed by atoms with Crippen molar-refractivity contribution in [1.29, 1.82) is 0 Å². The lowest BCUT2D eigenvalue weighted by molar-refractivity contribution is 0.304. The first-order chi connectivity index (χ1) is 10.6. The number of fused-ring (bicyclic) bond motifs is 2. The van der Waals surface area contributed by atoms with Crippen LogP contribution >= 0.6 is 22.7 Å². The van der Waals surface area contributed by atoms with Crippen LogP contribution in [0.1, 0.15) is 11.8 Å². The number of rotatable bonds is 4. The molecule has 0 aliphatic rings. The van der Waals surface area contributed by atoms with Gasteiger partial charge in [0.2, 0.25) is 0 Å². The van der Waals surface area contributed by atoms with Gasteiger partial charge >= 0.3 is 0 Å². The first kappa shape index (κ1) is 15.0. The molecule has 0 radical (unpaired) electrons. The van der Waals surface area contributed by atoms with Crippen molar-refractivity contribution in [3.8, 4) is 0 Å². The fourth-order valence-corrected chi connectivity index (χ4v) is 4.57. The molecule has 2 aromatic heterocycles. The molecule has 0 aliphatic carbocycles. The predicted molar refractivity (Wildman–Crippen MR) is 97.8 cm³/mol. The first-order valence-electron chi connectivity index (χ1n) is 6.95. The molecule has 1 N–H and O–H groups in total. The largest absolute Gasteiger partial charge is 0.395 e. The van der Waals surface area contributed by atoms with Gasteiger partial charge < -0.3 is 10.0 Å². The summed E-state index contributed by atoms with van der Waals surface area (Å²) in [4.78, 5) is 6.64. The number of aliphatic hydroxyl groups excluding tert-OH is 1. The summed E-state index contributed by atoms with van der Waals surface area (Å²) in [7, 11) is 2.00. The number of thiophene rings is 2. The Hall–Kier alpha value is -1.87. The number of likely N-dealkylation sites (N-methyl/N-ethyl adjacent to an activating group) is 1. The summed E-state index contributed by atoms with van der Waals surface area (Å²) in [5.74, 6) is 0. The first-order valence-corrected chi connectivity index (χ1v) is 8.59. The normalized spacial score (nSPS) is 12.0. The molecule has 2 heterocycles. The lowest BCUT2D eigenvalue weighted by atomic mass is 10.2. The van der Waals surface area contributed by atoms with E-state index in [0.29, 0.717) is 12.2 Å². The third-order valence-electron chi connectivity index (χ3n) is 3.50. The van der Waals surface area contributed by atoms with Crippen molar-refractivity contribution >= 4 is 53.9 Å². The smallest absolute Gasteiger partial charge is 0.163 e. The van der Waals surface area contributed by atoms with Gasteiger partial charge in [-0.1, -0.05) is 0 Å². The van der Waals surface area contributed by atoms with Gasteiger partial charge in [0.05, 0.1) is 18.2 Å². The Morgan fingerprint density at radius 3 is 2.68 bits per heavy atom. The van der Waals surface area contributed by atoms with E-state index in [2.05, 4.69) is 34.0 Å². The van der Waals surface area contributed by atoms with E-state index in [9.17, 15) is 0 Å². The van der Waals surface area contributed by atoms with Crippen LogP contribution in [0.5, 0.6) is 0 Å². The van der Waals surface area contributed by atoms with Crippen LogP contribution in [-0.4, -0.2) is 25.3 Å². The number of anilines is 1. The van der Waals surface area contributed by atoms with Crippen molar-refractivity contribution in [3.63, 3.8) is 0 Å². The van der Waals surface area contributed by atoms with Crippen LogP contribution < -0.4 is 4.90 Å². The number of hydrogen-bond donors (Lipinski definition) is 1. The molecular weight excluding hydrogens is 312 g/mol. The molecule has 0 unspecified atom stereocenters. The molecule has 5 heteroatoms. The Labute approximate surface area is 137 Å². The van der Waals surface area contributed by atoms with Crippen LogP contribution in [0.2, 0.25) is 0 Å². The fourth-order valence-electron chi connectivity index (χ4n) is 2.34. The predicted octanol–water partition coefficient (Wildman–Crippen LogP) is 4.82. The molecule has 0 saturated carbocycles. The van der Waals surface area contributed by atoms with Crippen LogP contribution in [0.3, 0.4) is 0 Å². The molecule has 0 saturated heterocycles. The molecule has 0 fully saturated rings. The lowest BCUT2D eigenvalue weighted by Crippen LogP contribution is -2.19. The third kappa shape index (κ3) is 2.86. The van der Waals surface area contributed by atoms with Gasteiger partial charge in [-0.25, -0.2) is 4.85 Å². The second-order valence-electron chi connectivity index (χ2n) is 5.20. The number of nitrogens with zero attached hydrogens (tertiary/aromatic N) is 2. The highest BCUT2D eigenvalue weighted by Crippen LogP contribution is 2.37. The Bertz CT molecular complexity index is 848. The highest BCUT2D eigenvalue weighted by atomic mass is 32.1. The summed E-state index contributed by atoms with van der Waals surface area (Å²) in [6.45, 7) is 9.66. The second-order valence-corrected chi connectivity index (χ2v) is 7.38. The monoisotopic (exact) mass is 328 g/mol. The summed E-state index contributed by atoms with van der Waals surface area (Å²) < 4.78 is 2.50.